The summed E-state index contributed by atoms with van der Waals surface area (Å²) in [7, 11) is -6.66. The molecule has 0 saturated carbocycles. The van der Waals surface area contributed by atoms with Gasteiger partial charge in [-0.2, -0.15) is 0 Å². The Morgan fingerprint density at radius 3 is 1.42 bits per heavy atom. The fourth-order valence-electron chi connectivity index (χ4n) is 8.34. The predicted molar refractivity (Wildman–Crippen MR) is 337 cm³/mol. The first-order valence-electron chi connectivity index (χ1n) is 30.3. The molecule has 4 amide bonds. The molecule has 0 aliphatic rings. The highest BCUT2D eigenvalue weighted by atomic mass is 28.4. The van der Waals surface area contributed by atoms with Gasteiger partial charge in [-0.1, -0.05) is 129 Å². The summed E-state index contributed by atoms with van der Waals surface area (Å²) < 4.78 is 45.0. The molecule has 81 heavy (non-hydrogen) atoms. The normalized spacial score (nSPS) is 12.5. The molecule has 0 aromatic carbocycles. The first-order chi connectivity index (χ1) is 37.7. The van der Waals surface area contributed by atoms with Crippen LogP contribution in [-0.2, 0) is 56.5 Å². The van der Waals surface area contributed by atoms with E-state index in [1.54, 1.807) is 13.8 Å². The molecule has 0 saturated heterocycles. The van der Waals surface area contributed by atoms with Gasteiger partial charge in [0.05, 0.1) is 49.3 Å². The fourth-order valence-corrected chi connectivity index (χ4v) is 20.9. The van der Waals surface area contributed by atoms with E-state index in [0.717, 1.165) is 89.1 Å². The molecule has 22 heteroatoms. The Bertz CT molecular complexity index is 1830. The van der Waals surface area contributed by atoms with Crippen molar-refractivity contribution in [2.45, 2.75) is 265 Å². The summed E-state index contributed by atoms with van der Waals surface area (Å²) in [4.78, 5) is 70.5. The van der Waals surface area contributed by atoms with Crippen molar-refractivity contribution in [3.05, 3.63) is 24.3 Å². The van der Waals surface area contributed by atoms with Gasteiger partial charge in [0.15, 0.2) is 29.5 Å². The van der Waals surface area contributed by atoms with E-state index in [9.17, 15) is 28.8 Å². The van der Waals surface area contributed by atoms with Crippen LogP contribution in [0.25, 0.3) is 0 Å². The number of carbonyl (C=O) groups is 6. The lowest BCUT2D eigenvalue weighted by molar-refractivity contribution is -0.151. The molecule has 0 aliphatic heterocycles. The third-order valence-electron chi connectivity index (χ3n) is 14.9. The Morgan fingerprint density at radius 1 is 0.469 bits per heavy atom. The SMILES string of the molecule is C=C(C)C(=O)OCCCCC[Si](C)(C)OC(C)(C)[Si](C)(C)CCCCC.C=C(C)C(=O)OCOCCCC[Si](C)(C)C(C)(C)O[Si](C)(C)CCCCOCCCCCC(=O)NCNC(=O)C(C)OC(=O)NCNC(=O)OCCCCC. The Labute approximate surface area is 495 Å². The average Bonchev–Trinajstić information content (AvgIpc) is 3.37. The lowest BCUT2D eigenvalue weighted by Gasteiger charge is -2.45. The van der Waals surface area contributed by atoms with E-state index < -0.39 is 62.9 Å². The summed E-state index contributed by atoms with van der Waals surface area (Å²) >= 11 is 0. The molecule has 474 valence electrons. The fraction of sp³-hybridized carbons (Fsp3) is 0.831. The standard InChI is InChI=1S/C38H74N4O11Si2.C21H44O3Si2/c1-11-12-15-25-50-36(46)41-29-42-37(47)52-32(4)34(44)40-28-39-33(43)21-14-13-16-22-48-23-18-20-27-55(9,10)53-38(5,6)54(7,8)26-19-17-24-49-30-51-35(45)31(2)3;1-10-11-14-17-25(6,7)21(4,5)24-26(8,9)18-15-12-13-16-23-20(22)19(2)3/h32H,2,11-30H2,1,3-10H3,(H,39,43)(H,40,44)(H,41,46)(H,42,47);2,10-18H2,1,3-9H3. The molecule has 0 spiro atoms. The molecule has 0 bridgehead atoms. The van der Waals surface area contributed by atoms with Crippen molar-refractivity contribution >= 4 is 68.7 Å². The number of esters is 2. The van der Waals surface area contributed by atoms with Gasteiger partial charge in [0.25, 0.3) is 5.91 Å². The van der Waals surface area contributed by atoms with Gasteiger partial charge in [0.2, 0.25) is 5.91 Å². The highest BCUT2D eigenvalue weighted by Gasteiger charge is 2.44. The number of hydrogen-bond donors (Lipinski definition) is 4. The molecule has 18 nitrogen and oxygen atoms in total. The van der Waals surface area contributed by atoms with Crippen LogP contribution in [0.1, 0.15) is 171 Å². The van der Waals surface area contributed by atoms with Crippen LogP contribution in [0.4, 0.5) is 9.59 Å². The third kappa shape index (κ3) is 41.3. The maximum Gasteiger partial charge on any atom is 0.409 e. The van der Waals surface area contributed by atoms with Crippen LogP contribution in [0.2, 0.25) is 76.6 Å². The lowest BCUT2D eigenvalue weighted by atomic mass is 10.2. The summed E-state index contributed by atoms with van der Waals surface area (Å²) in [6.45, 7) is 46.8. The second-order valence-corrected chi connectivity index (χ2v) is 44.4. The minimum atomic E-state index is -1.87. The zero-order valence-electron chi connectivity index (χ0n) is 54.2. The quantitative estimate of drug-likeness (QED) is 0.0111. The van der Waals surface area contributed by atoms with Crippen molar-refractivity contribution < 1.29 is 66.0 Å². The van der Waals surface area contributed by atoms with Crippen LogP contribution in [0.5, 0.6) is 0 Å². The first-order valence-corrected chi connectivity index (χ1v) is 42.9. The summed E-state index contributed by atoms with van der Waals surface area (Å²) in [5, 5.41) is 9.70. The van der Waals surface area contributed by atoms with Gasteiger partial charge in [-0.05, 0) is 125 Å². The van der Waals surface area contributed by atoms with Crippen molar-refractivity contribution in [2.24, 2.45) is 0 Å². The van der Waals surface area contributed by atoms with E-state index in [4.69, 9.17) is 37.3 Å². The van der Waals surface area contributed by atoms with Gasteiger partial charge in [-0.15, -0.1) is 0 Å². The van der Waals surface area contributed by atoms with E-state index in [2.05, 4.69) is 121 Å². The van der Waals surface area contributed by atoms with E-state index in [1.807, 2.05) is 6.92 Å². The number of unbranched alkanes of at least 4 members (excludes halogenated alkanes) is 10. The minimum absolute atomic E-state index is 0.0352. The average molecular weight is 1220 g/mol. The molecule has 0 rings (SSSR count). The van der Waals surface area contributed by atoms with Gasteiger partial charge in [-0.3, -0.25) is 9.59 Å². The summed E-state index contributed by atoms with van der Waals surface area (Å²) in [5.41, 5.74) is 0.836. The minimum Gasteiger partial charge on any atom is -0.462 e. The summed E-state index contributed by atoms with van der Waals surface area (Å²) in [6, 6.07) is 4.74. The molecule has 1 atom stereocenters. The van der Waals surface area contributed by atoms with Crippen LogP contribution >= 0.6 is 0 Å². The van der Waals surface area contributed by atoms with Crippen molar-refractivity contribution in [1.29, 1.82) is 0 Å². The summed E-state index contributed by atoms with van der Waals surface area (Å²) in [6.07, 6.45) is 14.0. The zero-order chi connectivity index (χ0) is 62.2. The maximum atomic E-state index is 12.2. The van der Waals surface area contributed by atoms with Crippen LogP contribution in [0, 0.1) is 0 Å². The number of carbonyl (C=O) groups excluding carboxylic acids is 6. The van der Waals surface area contributed by atoms with E-state index in [1.165, 1.54) is 38.3 Å². The van der Waals surface area contributed by atoms with Gasteiger partial charge in [0, 0.05) is 41.2 Å². The van der Waals surface area contributed by atoms with Gasteiger partial charge in [0.1, 0.15) is 0 Å². The van der Waals surface area contributed by atoms with Crippen LogP contribution in [0.3, 0.4) is 0 Å². The number of nitrogens with one attached hydrogen (secondary N) is 4. The lowest BCUT2D eigenvalue weighted by Crippen LogP contribution is -2.56. The Kier molecular flexibility index (Phi) is 42.6. The van der Waals surface area contributed by atoms with Crippen LogP contribution in [-0.4, -0.2) is 138 Å². The van der Waals surface area contributed by atoms with Crippen molar-refractivity contribution in [1.82, 2.24) is 21.3 Å². The monoisotopic (exact) mass is 1220 g/mol. The molecule has 0 aromatic rings. The van der Waals surface area contributed by atoms with Gasteiger partial charge in [-0.25, -0.2) is 19.2 Å². The number of ether oxygens (including phenoxy) is 6. The second-order valence-electron chi connectivity index (χ2n) is 25.0. The number of alkyl carbamates (subject to hydrolysis) is 2. The van der Waals surface area contributed by atoms with Gasteiger partial charge >= 0.3 is 24.1 Å². The molecule has 0 fully saturated rings. The number of rotatable bonds is 46. The molecular weight excluding hydrogens is 1100 g/mol. The van der Waals surface area contributed by atoms with Crippen molar-refractivity contribution in [2.75, 3.05) is 53.2 Å². The van der Waals surface area contributed by atoms with Gasteiger partial charge < -0.3 is 58.5 Å². The predicted octanol–water partition coefficient (Wildman–Crippen LogP) is 13.4. The summed E-state index contributed by atoms with van der Waals surface area (Å²) in [5.74, 6) is -1.47. The Balaban J connectivity index is 0. The molecule has 4 N–H and O–H groups in total. The highest BCUT2D eigenvalue weighted by Crippen LogP contribution is 2.35. The smallest absolute Gasteiger partial charge is 0.409 e. The first kappa shape index (κ1) is 79.7. The second kappa shape index (κ2) is 43.3. The molecule has 0 aliphatic carbocycles. The molecule has 0 radical (unpaired) electrons. The Hall–Kier alpha value is -3.39. The largest absolute Gasteiger partial charge is 0.462 e. The highest BCUT2D eigenvalue weighted by molar-refractivity contribution is 6.82. The third-order valence-corrected chi connectivity index (χ3v) is 30.4. The van der Waals surface area contributed by atoms with Crippen LogP contribution < -0.4 is 21.3 Å². The molecule has 0 aromatic heterocycles. The van der Waals surface area contributed by atoms with Crippen molar-refractivity contribution in [3.63, 3.8) is 0 Å². The molecule has 1 unspecified atom stereocenters. The van der Waals surface area contributed by atoms with Crippen molar-refractivity contribution in [3.8, 4) is 0 Å². The number of hydrogen-bond acceptors (Lipinski definition) is 14. The molecular formula is C59H118N4O14Si4. The Morgan fingerprint density at radius 2 is 0.877 bits per heavy atom. The van der Waals surface area contributed by atoms with Crippen LogP contribution in [0.15, 0.2) is 24.3 Å². The zero-order valence-corrected chi connectivity index (χ0v) is 58.2. The van der Waals surface area contributed by atoms with E-state index >= 15 is 0 Å². The maximum absolute atomic E-state index is 12.2. The van der Waals surface area contributed by atoms with E-state index in [-0.39, 0.29) is 42.5 Å². The number of amides is 4. The van der Waals surface area contributed by atoms with E-state index in [0.29, 0.717) is 57.0 Å². The molecule has 0 heterocycles. The topological polar surface area (TPSA) is 224 Å².